The summed E-state index contributed by atoms with van der Waals surface area (Å²) < 4.78 is 6.73. The lowest BCUT2D eigenvalue weighted by molar-refractivity contribution is 0.124. The van der Waals surface area contributed by atoms with E-state index >= 15 is 0 Å². The van der Waals surface area contributed by atoms with Gasteiger partial charge in [0.25, 0.3) is 0 Å². The molecule has 1 atom stereocenters. The van der Waals surface area contributed by atoms with Crippen LogP contribution in [-0.2, 0) is 4.74 Å². The van der Waals surface area contributed by atoms with Crippen molar-refractivity contribution >= 4 is 15.9 Å². The van der Waals surface area contributed by atoms with E-state index in [0.29, 0.717) is 6.04 Å². The SMILES string of the molecule is CC(NCCOCC1CC1)c1cccc(Br)c1. The van der Waals surface area contributed by atoms with E-state index in [1.807, 2.05) is 0 Å². The summed E-state index contributed by atoms with van der Waals surface area (Å²) in [5, 5.41) is 3.47. The predicted molar refractivity (Wildman–Crippen MR) is 74.1 cm³/mol. The van der Waals surface area contributed by atoms with Crippen molar-refractivity contribution < 1.29 is 4.74 Å². The van der Waals surface area contributed by atoms with Gasteiger partial charge in [0.15, 0.2) is 0 Å². The Hall–Kier alpha value is -0.380. The van der Waals surface area contributed by atoms with E-state index in [2.05, 4.69) is 52.4 Å². The molecule has 1 aromatic carbocycles. The summed E-state index contributed by atoms with van der Waals surface area (Å²) >= 11 is 3.49. The molecule has 1 saturated carbocycles. The normalized spacial score (nSPS) is 17.1. The Morgan fingerprint density at radius 2 is 2.29 bits per heavy atom. The van der Waals surface area contributed by atoms with Crippen LogP contribution in [0, 0.1) is 5.92 Å². The molecule has 1 unspecified atom stereocenters. The molecule has 1 N–H and O–H groups in total. The molecule has 2 nitrogen and oxygen atoms in total. The number of rotatable bonds is 7. The molecule has 3 heteroatoms. The van der Waals surface area contributed by atoms with Crippen LogP contribution in [0.2, 0.25) is 0 Å². The van der Waals surface area contributed by atoms with Crippen LogP contribution in [0.25, 0.3) is 0 Å². The van der Waals surface area contributed by atoms with Crippen LogP contribution in [0.1, 0.15) is 31.4 Å². The maximum Gasteiger partial charge on any atom is 0.0591 e. The molecule has 0 radical (unpaired) electrons. The quantitative estimate of drug-likeness (QED) is 0.778. The van der Waals surface area contributed by atoms with Gasteiger partial charge < -0.3 is 10.1 Å². The van der Waals surface area contributed by atoms with Crippen molar-refractivity contribution in [3.8, 4) is 0 Å². The standard InChI is InChI=1S/C14H20BrNO/c1-11(13-3-2-4-14(15)9-13)16-7-8-17-10-12-5-6-12/h2-4,9,11-12,16H,5-8,10H2,1H3. The van der Waals surface area contributed by atoms with Gasteiger partial charge in [0.1, 0.15) is 0 Å². The van der Waals surface area contributed by atoms with Gasteiger partial charge in [-0.15, -0.1) is 0 Å². The number of hydrogen-bond donors (Lipinski definition) is 1. The second-order valence-electron chi connectivity index (χ2n) is 4.75. The van der Waals surface area contributed by atoms with Gasteiger partial charge in [-0.25, -0.2) is 0 Å². The minimum atomic E-state index is 0.372. The zero-order chi connectivity index (χ0) is 12.1. The second kappa shape index (κ2) is 6.53. The third-order valence-corrected chi connectivity index (χ3v) is 3.59. The summed E-state index contributed by atoms with van der Waals surface area (Å²) in [5.41, 5.74) is 1.31. The first-order chi connectivity index (χ1) is 8.25. The van der Waals surface area contributed by atoms with Crippen LogP contribution >= 0.6 is 15.9 Å². The van der Waals surface area contributed by atoms with Gasteiger partial charge in [-0.3, -0.25) is 0 Å². The third kappa shape index (κ3) is 4.78. The monoisotopic (exact) mass is 297 g/mol. The van der Waals surface area contributed by atoms with E-state index in [1.165, 1.54) is 18.4 Å². The van der Waals surface area contributed by atoms with Crippen molar-refractivity contribution in [1.29, 1.82) is 0 Å². The topological polar surface area (TPSA) is 21.3 Å². The average molecular weight is 298 g/mol. The average Bonchev–Trinajstić information content (AvgIpc) is 3.12. The van der Waals surface area contributed by atoms with Gasteiger partial charge in [0.2, 0.25) is 0 Å². The van der Waals surface area contributed by atoms with Crippen molar-refractivity contribution in [3.05, 3.63) is 34.3 Å². The van der Waals surface area contributed by atoms with E-state index < -0.39 is 0 Å². The summed E-state index contributed by atoms with van der Waals surface area (Å²) in [6, 6.07) is 8.80. The van der Waals surface area contributed by atoms with Crippen LogP contribution in [-0.4, -0.2) is 19.8 Å². The lowest BCUT2D eigenvalue weighted by atomic mass is 10.1. The Morgan fingerprint density at radius 3 is 3.00 bits per heavy atom. The Balaban J connectivity index is 1.63. The summed E-state index contributed by atoms with van der Waals surface area (Å²) in [4.78, 5) is 0. The van der Waals surface area contributed by atoms with Crippen LogP contribution in [0.3, 0.4) is 0 Å². The zero-order valence-corrected chi connectivity index (χ0v) is 11.9. The van der Waals surface area contributed by atoms with Crippen LogP contribution < -0.4 is 5.32 Å². The molecule has 17 heavy (non-hydrogen) atoms. The van der Waals surface area contributed by atoms with Gasteiger partial charge in [-0.05, 0) is 43.4 Å². The van der Waals surface area contributed by atoms with Crippen LogP contribution in [0.15, 0.2) is 28.7 Å². The molecule has 1 aromatic rings. The molecule has 2 rings (SSSR count). The Labute approximate surface area is 112 Å². The Morgan fingerprint density at radius 1 is 1.47 bits per heavy atom. The largest absolute Gasteiger partial charge is 0.380 e. The van der Waals surface area contributed by atoms with E-state index in [-0.39, 0.29) is 0 Å². The number of hydrogen-bond acceptors (Lipinski definition) is 2. The predicted octanol–water partition coefficient (Wildman–Crippen LogP) is 3.53. The molecule has 1 fully saturated rings. The van der Waals surface area contributed by atoms with E-state index in [9.17, 15) is 0 Å². The smallest absolute Gasteiger partial charge is 0.0591 e. The van der Waals surface area contributed by atoms with E-state index in [1.54, 1.807) is 0 Å². The Bertz CT molecular complexity index is 352. The van der Waals surface area contributed by atoms with Crippen molar-refractivity contribution in [2.45, 2.75) is 25.8 Å². The van der Waals surface area contributed by atoms with Crippen molar-refractivity contribution in [3.63, 3.8) is 0 Å². The highest BCUT2D eigenvalue weighted by Crippen LogP contribution is 2.28. The maximum absolute atomic E-state index is 5.60. The van der Waals surface area contributed by atoms with Crippen LogP contribution in [0.4, 0.5) is 0 Å². The second-order valence-corrected chi connectivity index (χ2v) is 5.66. The van der Waals surface area contributed by atoms with Gasteiger partial charge in [0, 0.05) is 23.7 Å². The lowest BCUT2D eigenvalue weighted by Crippen LogP contribution is -2.23. The number of ether oxygens (including phenoxy) is 1. The molecule has 1 aliphatic rings. The first kappa shape index (κ1) is 13.1. The third-order valence-electron chi connectivity index (χ3n) is 3.10. The summed E-state index contributed by atoms with van der Waals surface area (Å²) in [6.07, 6.45) is 2.73. The summed E-state index contributed by atoms with van der Waals surface area (Å²) in [5.74, 6) is 0.859. The van der Waals surface area contributed by atoms with Gasteiger partial charge in [-0.1, -0.05) is 28.1 Å². The number of nitrogens with one attached hydrogen (secondary N) is 1. The fourth-order valence-electron chi connectivity index (χ4n) is 1.78. The molecule has 0 spiro atoms. The van der Waals surface area contributed by atoms with E-state index in [0.717, 1.165) is 30.1 Å². The molecule has 1 aliphatic carbocycles. The van der Waals surface area contributed by atoms with Gasteiger partial charge >= 0.3 is 0 Å². The first-order valence-corrected chi connectivity index (χ1v) is 7.11. The molecular weight excluding hydrogens is 278 g/mol. The molecule has 0 bridgehead atoms. The minimum Gasteiger partial charge on any atom is -0.380 e. The molecule has 0 amide bonds. The zero-order valence-electron chi connectivity index (χ0n) is 10.3. The molecule has 0 aliphatic heterocycles. The molecule has 0 saturated heterocycles. The fraction of sp³-hybridized carbons (Fsp3) is 0.571. The highest BCUT2D eigenvalue weighted by molar-refractivity contribution is 9.10. The lowest BCUT2D eigenvalue weighted by Gasteiger charge is -2.14. The highest BCUT2D eigenvalue weighted by Gasteiger charge is 2.20. The van der Waals surface area contributed by atoms with E-state index in [4.69, 9.17) is 4.74 Å². The van der Waals surface area contributed by atoms with Crippen molar-refractivity contribution in [2.24, 2.45) is 5.92 Å². The van der Waals surface area contributed by atoms with Crippen molar-refractivity contribution in [1.82, 2.24) is 5.32 Å². The minimum absolute atomic E-state index is 0.372. The number of halogens is 1. The van der Waals surface area contributed by atoms with Gasteiger partial charge in [0.05, 0.1) is 6.61 Å². The highest BCUT2D eigenvalue weighted by atomic mass is 79.9. The molecule has 94 valence electrons. The first-order valence-electron chi connectivity index (χ1n) is 6.32. The van der Waals surface area contributed by atoms with Crippen LogP contribution in [0.5, 0.6) is 0 Å². The summed E-state index contributed by atoms with van der Waals surface area (Å²) in [7, 11) is 0. The fourth-order valence-corrected chi connectivity index (χ4v) is 2.19. The molecule has 0 heterocycles. The molecular formula is C14H20BrNO. The van der Waals surface area contributed by atoms with Crippen molar-refractivity contribution in [2.75, 3.05) is 19.8 Å². The number of benzene rings is 1. The van der Waals surface area contributed by atoms with Gasteiger partial charge in [-0.2, -0.15) is 0 Å². The molecule has 0 aromatic heterocycles. The Kier molecular flexibility index (Phi) is 5.01. The maximum atomic E-state index is 5.60. The summed E-state index contributed by atoms with van der Waals surface area (Å²) in [6.45, 7) is 4.87.